The summed E-state index contributed by atoms with van der Waals surface area (Å²) in [6.45, 7) is 1.84. The van der Waals surface area contributed by atoms with Gasteiger partial charge in [-0.2, -0.15) is 11.8 Å². The second-order valence-electron chi connectivity index (χ2n) is 4.51. The van der Waals surface area contributed by atoms with Crippen LogP contribution < -0.4 is 11.1 Å². The molecule has 1 heterocycles. The van der Waals surface area contributed by atoms with Gasteiger partial charge in [0.05, 0.1) is 10.2 Å². The summed E-state index contributed by atoms with van der Waals surface area (Å²) in [5.41, 5.74) is 7.69. The van der Waals surface area contributed by atoms with E-state index < -0.39 is 17.9 Å². The van der Waals surface area contributed by atoms with E-state index in [1.54, 1.807) is 18.4 Å². The Balaban J connectivity index is 2.28. The summed E-state index contributed by atoms with van der Waals surface area (Å²) in [6.07, 6.45) is 1.79. The lowest BCUT2D eigenvalue weighted by atomic mass is 10.1. The highest BCUT2D eigenvalue weighted by Gasteiger charge is 2.20. The monoisotopic (exact) mass is 325 g/mol. The Morgan fingerprint density at radius 2 is 2.24 bits per heavy atom. The van der Waals surface area contributed by atoms with Crippen molar-refractivity contribution < 1.29 is 14.7 Å². The summed E-state index contributed by atoms with van der Waals surface area (Å²) in [4.78, 5) is 27.5. The molecule has 1 aromatic carbocycles. The van der Waals surface area contributed by atoms with E-state index in [0.29, 0.717) is 16.4 Å². The SMILES string of the molecule is CSC[C@H](NC(=O)c1cc(C)c2nc(N)sc2c1)C(=O)O. The highest BCUT2D eigenvalue weighted by atomic mass is 32.2. The third-order valence-electron chi connectivity index (χ3n) is 2.90. The van der Waals surface area contributed by atoms with Crippen LogP contribution in [0.3, 0.4) is 0 Å². The summed E-state index contributed by atoms with van der Waals surface area (Å²) in [7, 11) is 0. The largest absolute Gasteiger partial charge is 0.480 e. The fourth-order valence-corrected chi connectivity index (χ4v) is 3.34. The Labute approximate surface area is 129 Å². The molecule has 0 saturated heterocycles. The van der Waals surface area contributed by atoms with Crippen LogP contribution in [-0.2, 0) is 4.79 Å². The summed E-state index contributed by atoms with van der Waals surface area (Å²) in [5.74, 6) is -1.14. The molecule has 112 valence electrons. The molecule has 0 saturated carbocycles. The molecule has 4 N–H and O–H groups in total. The Morgan fingerprint density at radius 3 is 2.86 bits per heavy atom. The lowest BCUT2D eigenvalue weighted by molar-refractivity contribution is -0.138. The zero-order valence-corrected chi connectivity index (χ0v) is 13.2. The first-order valence-corrected chi connectivity index (χ1v) is 8.32. The van der Waals surface area contributed by atoms with Crippen molar-refractivity contribution in [2.45, 2.75) is 13.0 Å². The van der Waals surface area contributed by atoms with E-state index >= 15 is 0 Å². The number of hydrogen-bond acceptors (Lipinski definition) is 6. The van der Waals surface area contributed by atoms with Crippen molar-refractivity contribution in [3.05, 3.63) is 23.3 Å². The Bertz CT molecular complexity index is 699. The number of nitrogen functional groups attached to an aromatic ring is 1. The van der Waals surface area contributed by atoms with Crippen LogP contribution in [-0.4, -0.2) is 40.0 Å². The van der Waals surface area contributed by atoms with Crippen molar-refractivity contribution in [2.24, 2.45) is 0 Å². The first-order chi connectivity index (χ1) is 9.92. The number of amides is 1. The van der Waals surface area contributed by atoms with Gasteiger partial charge < -0.3 is 16.2 Å². The molecular weight excluding hydrogens is 310 g/mol. The number of carbonyl (C=O) groups excluding carboxylic acids is 1. The molecule has 8 heteroatoms. The van der Waals surface area contributed by atoms with Crippen LogP contribution in [0.5, 0.6) is 0 Å². The second kappa shape index (κ2) is 6.31. The van der Waals surface area contributed by atoms with Crippen molar-refractivity contribution in [3.8, 4) is 0 Å². The van der Waals surface area contributed by atoms with E-state index in [9.17, 15) is 9.59 Å². The fourth-order valence-electron chi connectivity index (χ4n) is 1.93. The molecule has 0 radical (unpaired) electrons. The van der Waals surface area contributed by atoms with Gasteiger partial charge >= 0.3 is 5.97 Å². The number of aromatic nitrogens is 1. The molecule has 21 heavy (non-hydrogen) atoms. The summed E-state index contributed by atoms with van der Waals surface area (Å²) < 4.78 is 0.814. The van der Waals surface area contributed by atoms with E-state index in [0.717, 1.165) is 15.8 Å². The lowest BCUT2D eigenvalue weighted by Crippen LogP contribution is -2.42. The molecule has 0 aliphatic carbocycles. The van der Waals surface area contributed by atoms with Crippen LogP contribution in [0.4, 0.5) is 5.13 Å². The van der Waals surface area contributed by atoms with Gasteiger partial charge in [0.2, 0.25) is 0 Å². The van der Waals surface area contributed by atoms with Gasteiger partial charge in [-0.25, -0.2) is 9.78 Å². The number of rotatable bonds is 5. The van der Waals surface area contributed by atoms with Crippen molar-refractivity contribution in [2.75, 3.05) is 17.7 Å². The van der Waals surface area contributed by atoms with Gasteiger partial charge in [-0.05, 0) is 30.9 Å². The molecule has 1 atom stereocenters. The maximum absolute atomic E-state index is 12.2. The number of nitrogens with zero attached hydrogens (tertiary/aromatic N) is 1. The molecule has 0 bridgehead atoms. The third kappa shape index (κ3) is 3.45. The summed E-state index contributed by atoms with van der Waals surface area (Å²) in [6, 6.07) is 2.47. The number of benzene rings is 1. The topological polar surface area (TPSA) is 105 Å². The number of anilines is 1. The van der Waals surface area contributed by atoms with Gasteiger partial charge in [0.15, 0.2) is 5.13 Å². The molecule has 1 amide bonds. The van der Waals surface area contributed by atoms with E-state index in [1.165, 1.54) is 23.1 Å². The number of carboxylic acids is 1. The first-order valence-electron chi connectivity index (χ1n) is 6.11. The average molecular weight is 325 g/mol. The highest BCUT2D eigenvalue weighted by molar-refractivity contribution is 7.98. The molecule has 6 nitrogen and oxygen atoms in total. The summed E-state index contributed by atoms with van der Waals surface area (Å²) in [5, 5.41) is 12.0. The van der Waals surface area contributed by atoms with Gasteiger partial charge in [0.25, 0.3) is 5.91 Å². The predicted octanol–water partition coefficient (Wildman–Crippen LogP) is 1.73. The molecule has 2 aromatic rings. The Kier molecular flexibility index (Phi) is 4.69. The van der Waals surface area contributed by atoms with Crippen LogP contribution in [0.25, 0.3) is 10.2 Å². The minimum absolute atomic E-state index is 0.315. The van der Waals surface area contributed by atoms with Crippen molar-refractivity contribution >= 4 is 50.3 Å². The van der Waals surface area contributed by atoms with E-state index in [1.807, 2.05) is 6.92 Å². The molecule has 1 aromatic heterocycles. The maximum atomic E-state index is 12.2. The molecule has 0 spiro atoms. The van der Waals surface area contributed by atoms with Gasteiger partial charge in [-0.3, -0.25) is 4.79 Å². The fraction of sp³-hybridized carbons (Fsp3) is 0.308. The number of thioether (sulfide) groups is 1. The Hall–Kier alpha value is -1.80. The number of fused-ring (bicyclic) bond motifs is 1. The van der Waals surface area contributed by atoms with Gasteiger partial charge in [0.1, 0.15) is 6.04 Å². The quantitative estimate of drug-likeness (QED) is 0.773. The van der Waals surface area contributed by atoms with Crippen LogP contribution in [0.15, 0.2) is 12.1 Å². The number of nitrogens with two attached hydrogens (primary N) is 1. The van der Waals surface area contributed by atoms with Crippen LogP contribution >= 0.6 is 23.1 Å². The summed E-state index contributed by atoms with van der Waals surface area (Å²) >= 11 is 2.66. The van der Waals surface area contributed by atoms with Crippen molar-refractivity contribution in [1.82, 2.24) is 10.3 Å². The zero-order chi connectivity index (χ0) is 15.6. The zero-order valence-electron chi connectivity index (χ0n) is 11.5. The third-order valence-corrected chi connectivity index (χ3v) is 4.40. The van der Waals surface area contributed by atoms with Crippen LogP contribution in [0, 0.1) is 6.92 Å². The molecular formula is C13H15N3O3S2. The lowest BCUT2D eigenvalue weighted by Gasteiger charge is -2.13. The second-order valence-corrected chi connectivity index (χ2v) is 6.48. The number of hydrogen-bond donors (Lipinski definition) is 3. The number of thiazole rings is 1. The van der Waals surface area contributed by atoms with E-state index in [2.05, 4.69) is 10.3 Å². The maximum Gasteiger partial charge on any atom is 0.327 e. The van der Waals surface area contributed by atoms with Crippen LogP contribution in [0.1, 0.15) is 15.9 Å². The molecule has 0 fully saturated rings. The predicted molar refractivity (Wildman–Crippen MR) is 86.0 cm³/mol. The molecule has 0 unspecified atom stereocenters. The number of nitrogens with one attached hydrogen (secondary N) is 1. The van der Waals surface area contributed by atoms with Gasteiger partial charge in [-0.1, -0.05) is 11.3 Å². The van der Waals surface area contributed by atoms with Crippen molar-refractivity contribution in [1.29, 1.82) is 0 Å². The van der Waals surface area contributed by atoms with E-state index in [4.69, 9.17) is 10.8 Å². The Morgan fingerprint density at radius 1 is 1.52 bits per heavy atom. The minimum atomic E-state index is -1.04. The standard InChI is InChI=1S/C13H15N3O3S2/c1-6-3-7(4-9-10(6)16-13(14)21-9)11(17)15-8(5-20-2)12(18)19/h3-4,8H,5H2,1-2H3,(H2,14,16)(H,15,17)(H,18,19)/t8-/m0/s1. The smallest absolute Gasteiger partial charge is 0.327 e. The van der Waals surface area contributed by atoms with Gasteiger partial charge in [-0.15, -0.1) is 0 Å². The van der Waals surface area contributed by atoms with Crippen molar-refractivity contribution in [3.63, 3.8) is 0 Å². The van der Waals surface area contributed by atoms with Crippen LogP contribution in [0.2, 0.25) is 0 Å². The normalized spacial score (nSPS) is 12.3. The molecule has 0 aliphatic rings. The van der Waals surface area contributed by atoms with Gasteiger partial charge in [0, 0.05) is 11.3 Å². The number of aryl methyl sites for hydroxylation is 1. The average Bonchev–Trinajstić information content (AvgIpc) is 2.79. The highest BCUT2D eigenvalue weighted by Crippen LogP contribution is 2.27. The van der Waals surface area contributed by atoms with E-state index in [-0.39, 0.29) is 0 Å². The number of carboxylic acid groups (broad SMARTS) is 1. The molecule has 0 aliphatic heterocycles. The number of aliphatic carboxylic acids is 1. The first kappa shape index (κ1) is 15.6. The minimum Gasteiger partial charge on any atom is -0.480 e. The number of carbonyl (C=O) groups is 2. The molecule has 2 rings (SSSR count).